The second kappa shape index (κ2) is 7.92. The maximum absolute atomic E-state index is 13.8. The zero-order valence-electron chi connectivity index (χ0n) is 14.8. The predicted octanol–water partition coefficient (Wildman–Crippen LogP) is 4.06. The summed E-state index contributed by atoms with van der Waals surface area (Å²) < 4.78 is 19.2. The normalized spacial score (nSPS) is 16.9. The summed E-state index contributed by atoms with van der Waals surface area (Å²) >= 11 is 0.968. The van der Waals surface area contributed by atoms with Gasteiger partial charge in [-0.25, -0.2) is 9.18 Å². The molecular weight excluding hydrogens is 369 g/mol. The molecule has 0 bridgehead atoms. The Morgan fingerprint density at radius 3 is 2.48 bits per heavy atom. The molecule has 0 aliphatic carbocycles. The third kappa shape index (κ3) is 4.03. The van der Waals surface area contributed by atoms with E-state index in [1.165, 1.54) is 23.1 Å². The van der Waals surface area contributed by atoms with Gasteiger partial charge in [-0.05, 0) is 44.0 Å². The van der Waals surface area contributed by atoms with Gasteiger partial charge in [0, 0.05) is 6.04 Å². The molecule has 2 aromatic carbocycles. The molecule has 1 heterocycles. The average Bonchev–Trinajstić information content (AvgIpc) is 2.90. The molecule has 7 heteroatoms. The first kappa shape index (κ1) is 19.1. The van der Waals surface area contributed by atoms with Gasteiger partial charge >= 0.3 is 5.97 Å². The number of amides is 2. The van der Waals surface area contributed by atoms with Crippen LogP contribution in [0.25, 0.3) is 0 Å². The molecule has 1 saturated heterocycles. The molecular formula is C20H18FNO4S. The number of carbonyl (C=O) groups is 3. The summed E-state index contributed by atoms with van der Waals surface area (Å²) in [6.45, 7) is 3.56. The predicted molar refractivity (Wildman–Crippen MR) is 100 cm³/mol. The summed E-state index contributed by atoms with van der Waals surface area (Å²) in [6.07, 6.45) is 0.235. The maximum Gasteiger partial charge on any atom is 0.346 e. The van der Waals surface area contributed by atoms with Crippen LogP contribution < -0.4 is 4.74 Å². The first-order valence-electron chi connectivity index (χ1n) is 8.46. The van der Waals surface area contributed by atoms with E-state index in [4.69, 9.17) is 4.74 Å². The maximum atomic E-state index is 13.8. The van der Waals surface area contributed by atoms with Crippen molar-refractivity contribution >= 4 is 28.9 Å². The number of imide groups is 1. The largest absolute Gasteiger partial charge is 0.423 e. The van der Waals surface area contributed by atoms with Gasteiger partial charge < -0.3 is 4.74 Å². The highest BCUT2D eigenvalue weighted by Crippen LogP contribution is 2.33. The molecule has 1 aliphatic heterocycles. The van der Waals surface area contributed by atoms with Crippen LogP contribution in [0, 0.1) is 5.82 Å². The quantitative estimate of drug-likeness (QED) is 0.572. The lowest BCUT2D eigenvalue weighted by Crippen LogP contribution is -2.37. The van der Waals surface area contributed by atoms with Gasteiger partial charge in [0.1, 0.15) is 11.6 Å². The number of ether oxygens (including phenoxy) is 1. The summed E-state index contributed by atoms with van der Waals surface area (Å²) in [5.74, 6) is -1.49. The molecule has 0 N–H and O–H groups in total. The number of hydrogen-bond donors (Lipinski definition) is 0. The number of rotatable bonds is 5. The molecule has 3 rings (SSSR count). The van der Waals surface area contributed by atoms with Crippen LogP contribution in [0.3, 0.4) is 0 Å². The Morgan fingerprint density at radius 2 is 1.81 bits per heavy atom. The van der Waals surface area contributed by atoms with Crippen molar-refractivity contribution in [3.05, 3.63) is 65.5 Å². The van der Waals surface area contributed by atoms with Crippen LogP contribution in [0.4, 0.5) is 9.18 Å². The second-order valence-corrected chi connectivity index (χ2v) is 7.51. The highest BCUT2D eigenvalue weighted by molar-refractivity contribution is 8.15. The van der Waals surface area contributed by atoms with Gasteiger partial charge in [-0.2, -0.15) is 0 Å². The van der Waals surface area contributed by atoms with Gasteiger partial charge in [0.2, 0.25) is 5.91 Å². The van der Waals surface area contributed by atoms with Crippen LogP contribution in [-0.4, -0.2) is 33.3 Å². The molecule has 27 heavy (non-hydrogen) atoms. The van der Waals surface area contributed by atoms with E-state index < -0.39 is 17.0 Å². The van der Waals surface area contributed by atoms with Crippen molar-refractivity contribution in [1.29, 1.82) is 0 Å². The number of thioether (sulfide) groups is 1. The van der Waals surface area contributed by atoms with Gasteiger partial charge in [0.15, 0.2) is 0 Å². The Labute approximate surface area is 160 Å². The van der Waals surface area contributed by atoms with E-state index in [2.05, 4.69) is 0 Å². The van der Waals surface area contributed by atoms with E-state index >= 15 is 0 Å². The van der Waals surface area contributed by atoms with Crippen LogP contribution in [0.15, 0.2) is 48.5 Å². The molecule has 2 aromatic rings. The third-order valence-electron chi connectivity index (χ3n) is 4.14. The molecule has 0 saturated carbocycles. The van der Waals surface area contributed by atoms with Crippen LogP contribution in [-0.2, 0) is 11.2 Å². The fourth-order valence-corrected chi connectivity index (χ4v) is 3.96. The molecule has 2 amide bonds. The monoisotopic (exact) mass is 387 g/mol. The fourth-order valence-electron chi connectivity index (χ4n) is 2.82. The van der Waals surface area contributed by atoms with E-state index in [1.807, 2.05) is 0 Å². The highest BCUT2D eigenvalue weighted by atomic mass is 32.2. The first-order chi connectivity index (χ1) is 12.9. The van der Waals surface area contributed by atoms with Gasteiger partial charge in [0.05, 0.1) is 10.8 Å². The summed E-state index contributed by atoms with van der Waals surface area (Å²) in [5.41, 5.74) is 0.436. The number of benzene rings is 2. The minimum absolute atomic E-state index is 0.167. The SMILES string of the molecule is CC(C)N1C(=O)SC(Cc2ccccc2OC(=O)c2ccccc2F)C1=O. The standard InChI is InChI=1S/C20H18FNO4S/c1-12(2)22-18(23)17(27-20(22)25)11-13-7-3-6-10-16(13)26-19(24)14-8-4-5-9-15(14)21/h3-10,12,17H,11H2,1-2H3. The second-order valence-electron chi connectivity index (χ2n) is 6.36. The minimum atomic E-state index is -0.814. The highest BCUT2D eigenvalue weighted by Gasteiger charge is 2.41. The molecule has 0 spiro atoms. The Hall–Kier alpha value is -2.67. The lowest BCUT2D eigenvalue weighted by Gasteiger charge is -2.18. The van der Waals surface area contributed by atoms with Gasteiger partial charge in [-0.1, -0.05) is 42.1 Å². The molecule has 1 atom stereocenters. The zero-order chi connectivity index (χ0) is 19.6. The Balaban J connectivity index is 1.79. The molecule has 0 aromatic heterocycles. The lowest BCUT2D eigenvalue weighted by atomic mass is 10.1. The molecule has 1 fully saturated rings. The zero-order valence-corrected chi connectivity index (χ0v) is 15.7. The summed E-state index contributed by atoms with van der Waals surface area (Å²) in [5, 5.41) is -0.853. The minimum Gasteiger partial charge on any atom is -0.423 e. The number of carbonyl (C=O) groups excluding carboxylic acids is 3. The van der Waals surface area contributed by atoms with Crippen molar-refractivity contribution in [1.82, 2.24) is 4.90 Å². The molecule has 140 valence electrons. The smallest absolute Gasteiger partial charge is 0.346 e. The van der Waals surface area contributed by atoms with Crippen molar-refractivity contribution in [2.24, 2.45) is 0 Å². The molecule has 0 radical (unpaired) electrons. The number of halogens is 1. The fraction of sp³-hybridized carbons (Fsp3) is 0.250. The van der Waals surface area contributed by atoms with Gasteiger partial charge in [0.25, 0.3) is 5.24 Å². The van der Waals surface area contributed by atoms with Crippen LogP contribution in [0.5, 0.6) is 5.75 Å². The van der Waals surface area contributed by atoms with E-state index in [1.54, 1.807) is 44.2 Å². The van der Waals surface area contributed by atoms with Gasteiger partial charge in [-0.3, -0.25) is 14.5 Å². The number of para-hydroxylation sites is 1. The van der Waals surface area contributed by atoms with E-state index in [0.717, 1.165) is 11.8 Å². The molecule has 1 unspecified atom stereocenters. The number of esters is 1. The van der Waals surface area contributed by atoms with Crippen LogP contribution >= 0.6 is 11.8 Å². The first-order valence-corrected chi connectivity index (χ1v) is 9.34. The summed E-state index contributed by atoms with van der Waals surface area (Å²) in [6, 6.07) is 12.1. The van der Waals surface area contributed by atoms with Crippen molar-refractivity contribution in [3.63, 3.8) is 0 Å². The van der Waals surface area contributed by atoms with Crippen molar-refractivity contribution in [2.45, 2.75) is 31.6 Å². The lowest BCUT2D eigenvalue weighted by molar-refractivity contribution is -0.127. The third-order valence-corrected chi connectivity index (χ3v) is 5.19. The van der Waals surface area contributed by atoms with Crippen molar-refractivity contribution < 1.29 is 23.5 Å². The van der Waals surface area contributed by atoms with Crippen molar-refractivity contribution in [3.8, 4) is 5.75 Å². The van der Waals surface area contributed by atoms with Crippen molar-refractivity contribution in [2.75, 3.05) is 0 Å². The van der Waals surface area contributed by atoms with Gasteiger partial charge in [-0.15, -0.1) is 0 Å². The molecule has 1 aliphatic rings. The van der Waals surface area contributed by atoms with E-state index in [0.29, 0.717) is 5.56 Å². The van der Waals surface area contributed by atoms with Crippen LogP contribution in [0.1, 0.15) is 29.8 Å². The Morgan fingerprint density at radius 1 is 1.15 bits per heavy atom. The summed E-state index contributed by atoms with van der Waals surface area (Å²) in [7, 11) is 0. The van der Waals surface area contributed by atoms with Crippen LogP contribution in [0.2, 0.25) is 0 Å². The summed E-state index contributed by atoms with van der Waals surface area (Å²) in [4.78, 5) is 38.1. The van der Waals surface area contributed by atoms with E-state index in [-0.39, 0.29) is 34.9 Å². The number of hydrogen-bond acceptors (Lipinski definition) is 5. The molecule has 5 nitrogen and oxygen atoms in total. The number of nitrogens with zero attached hydrogens (tertiary/aromatic N) is 1. The van der Waals surface area contributed by atoms with E-state index in [9.17, 15) is 18.8 Å². The topological polar surface area (TPSA) is 63.7 Å². The Bertz CT molecular complexity index is 899. The average molecular weight is 387 g/mol. The Kier molecular flexibility index (Phi) is 5.60.